The van der Waals surface area contributed by atoms with E-state index < -0.39 is 0 Å². The first-order valence-corrected chi connectivity index (χ1v) is 11.4. The second-order valence-corrected chi connectivity index (χ2v) is 8.21. The van der Waals surface area contributed by atoms with Crippen molar-refractivity contribution in [2.75, 3.05) is 26.8 Å². The van der Waals surface area contributed by atoms with E-state index in [4.69, 9.17) is 9.47 Å². The van der Waals surface area contributed by atoms with Crippen LogP contribution in [0.2, 0.25) is 0 Å². The number of aromatic nitrogens is 1. The predicted molar refractivity (Wildman–Crippen MR) is 141 cm³/mol. The fourth-order valence-electron chi connectivity index (χ4n) is 4.12. The molecular formula is C25H37IN4O2. The van der Waals surface area contributed by atoms with E-state index in [1.165, 1.54) is 25.7 Å². The topological polar surface area (TPSA) is 67.8 Å². The van der Waals surface area contributed by atoms with E-state index in [2.05, 4.69) is 27.5 Å². The quantitative estimate of drug-likeness (QED) is 0.179. The van der Waals surface area contributed by atoms with E-state index in [1.54, 1.807) is 6.20 Å². The van der Waals surface area contributed by atoms with Gasteiger partial charge in [0, 0.05) is 45.6 Å². The molecule has 0 saturated heterocycles. The van der Waals surface area contributed by atoms with Crippen molar-refractivity contribution in [3.05, 3.63) is 59.8 Å². The number of hydrogen-bond donors (Lipinski definition) is 2. The second kappa shape index (κ2) is 14.3. The Labute approximate surface area is 209 Å². The molecule has 0 aliphatic heterocycles. The minimum atomic E-state index is 0. The highest BCUT2D eigenvalue weighted by Crippen LogP contribution is 2.40. The molecule has 1 aromatic carbocycles. The van der Waals surface area contributed by atoms with Crippen LogP contribution in [0.25, 0.3) is 0 Å². The van der Waals surface area contributed by atoms with Gasteiger partial charge in [0.05, 0.1) is 0 Å². The van der Waals surface area contributed by atoms with E-state index in [9.17, 15) is 0 Å². The molecule has 1 aromatic heterocycles. The lowest BCUT2D eigenvalue weighted by molar-refractivity contribution is 0.105. The number of rotatable bonds is 11. The summed E-state index contributed by atoms with van der Waals surface area (Å²) in [6, 6.07) is 14.1. The van der Waals surface area contributed by atoms with E-state index >= 15 is 0 Å². The number of nitrogens with one attached hydrogen (secondary N) is 2. The average Bonchev–Trinajstić information content (AvgIpc) is 3.28. The Morgan fingerprint density at radius 2 is 1.88 bits per heavy atom. The first-order valence-electron chi connectivity index (χ1n) is 11.4. The van der Waals surface area contributed by atoms with Crippen LogP contribution in [0, 0.1) is 5.41 Å². The Kier molecular flexibility index (Phi) is 11.8. The van der Waals surface area contributed by atoms with Crippen molar-refractivity contribution in [3.63, 3.8) is 0 Å². The maximum Gasteiger partial charge on any atom is 0.213 e. The third kappa shape index (κ3) is 8.58. The van der Waals surface area contributed by atoms with Crippen molar-refractivity contribution in [2.24, 2.45) is 10.4 Å². The molecule has 1 fully saturated rings. The summed E-state index contributed by atoms with van der Waals surface area (Å²) in [7, 11) is 1.82. The Morgan fingerprint density at radius 1 is 1.09 bits per heavy atom. The second-order valence-electron chi connectivity index (χ2n) is 8.21. The Morgan fingerprint density at radius 3 is 2.59 bits per heavy atom. The largest absolute Gasteiger partial charge is 0.473 e. The zero-order valence-electron chi connectivity index (χ0n) is 19.3. The molecule has 0 unspecified atom stereocenters. The fraction of sp³-hybridized carbons (Fsp3) is 0.520. The van der Waals surface area contributed by atoms with Gasteiger partial charge in [-0.3, -0.25) is 4.99 Å². The third-order valence-electron chi connectivity index (χ3n) is 5.99. The molecule has 1 aliphatic carbocycles. The van der Waals surface area contributed by atoms with Gasteiger partial charge in [-0.15, -0.1) is 24.0 Å². The third-order valence-corrected chi connectivity index (χ3v) is 5.99. The zero-order chi connectivity index (χ0) is 21.8. The Balaban J connectivity index is 0.00000363. The lowest BCUT2D eigenvalue weighted by atomic mass is 9.83. The average molecular weight is 553 g/mol. The molecule has 0 amide bonds. The van der Waals surface area contributed by atoms with Gasteiger partial charge in [0.1, 0.15) is 6.61 Å². The highest BCUT2D eigenvalue weighted by molar-refractivity contribution is 14.0. The molecule has 0 spiro atoms. The van der Waals surface area contributed by atoms with Crippen molar-refractivity contribution >= 4 is 29.9 Å². The standard InChI is InChI=1S/C25H36N4O2.HI/c1-3-30-16-14-25(12-7-8-13-25)20-29-24(26-2)28-18-22-11-15-27-23(17-22)31-19-21-9-5-4-6-10-21;/h4-6,9-11,15,17H,3,7-8,12-14,16,18-20H2,1-2H3,(H2,26,28,29);1H. The molecule has 32 heavy (non-hydrogen) atoms. The molecule has 0 bridgehead atoms. The van der Waals surface area contributed by atoms with Crippen molar-refractivity contribution in [3.8, 4) is 5.88 Å². The Hall–Kier alpha value is -1.87. The molecule has 2 aromatic rings. The first-order chi connectivity index (χ1) is 15.2. The van der Waals surface area contributed by atoms with Gasteiger partial charge in [0.15, 0.2) is 5.96 Å². The monoisotopic (exact) mass is 552 g/mol. The minimum Gasteiger partial charge on any atom is -0.473 e. The summed E-state index contributed by atoms with van der Waals surface area (Å²) in [5.41, 5.74) is 2.55. The number of aliphatic imine (C=N–C) groups is 1. The first kappa shape index (κ1) is 26.4. The van der Waals surface area contributed by atoms with Crippen molar-refractivity contribution in [1.29, 1.82) is 0 Å². The maximum absolute atomic E-state index is 5.84. The summed E-state index contributed by atoms with van der Waals surface area (Å²) in [5.74, 6) is 1.46. The van der Waals surface area contributed by atoms with Gasteiger partial charge in [-0.2, -0.15) is 0 Å². The van der Waals surface area contributed by atoms with E-state index in [-0.39, 0.29) is 24.0 Å². The lowest BCUT2D eigenvalue weighted by Crippen LogP contribution is -2.43. The van der Waals surface area contributed by atoms with Crippen LogP contribution in [0.1, 0.15) is 50.2 Å². The maximum atomic E-state index is 5.84. The summed E-state index contributed by atoms with van der Waals surface area (Å²) >= 11 is 0. The highest BCUT2D eigenvalue weighted by Gasteiger charge is 2.33. The van der Waals surface area contributed by atoms with Crippen molar-refractivity contribution in [2.45, 2.75) is 52.2 Å². The number of pyridine rings is 1. The molecule has 1 heterocycles. The molecule has 3 rings (SSSR count). The zero-order valence-corrected chi connectivity index (χ0v) is 21.6. The molecule has 0 atom stereocenters. The summed E-state index contributed by atoms with van der Waals surface area (Å²) in [6.45, 7) is 5.79. The van der Waals surface area contributed by atoms with E-state index in [0.717, 1.165) is 43.3 Å². The molecule has 176 valence electrons. The van der Waals surface area contributed by atoms with Crippen LogP contribution in [0.3, 0.4) is 0 Å². The summed E-state index contributed by atoms with van der Waals surface area (Å²) in [6.07, 6.45) is 8.03. The van der Waals surface area contributed by atoms with Gasteiger partial charge in [-0.25, -0.2) is 4.98 Å². The van der Waals surface area contributed by atoms with E-state index in [1.807, 2.05) is 49.5 Å². The number of hydrogen-bond acceptors (Lipinski definition) is 4. The van der Waals surface area contributed by atoms with Gasteiger partial charge in [-0.1, -0.05) is 43.2 Å². The predicted octanol–water partition coefficient (Wildman–Crippen LogP) is 4.93. The normalized spacial score (nSPS) is 15.1. The molecule has 0 radical (unpaired) electrons. The highest BCUT2D eigenvalue weighted by atomic mass is 127. The van der Waals surface area contributed by atoms with Gasteiger partial charge >= 0.3 is 0 Å². The summed E-state index contributed by atoms with van der Waals surface area (Å²) < 4.78 is 11.5. The van der Waals surface area contributed by atoms with Crippen LogP contribution in [0.4, 0.5) is 0 Å². The van der Waals surface area contributed by atoms with Gasteiger partial charge < -0.3 is 20.1 Å². The van der Waals surface area contributed by atoms with Crippen LogP contribution in [-0.2, 0) is 17.9 Å². The number of ether oxygens (including phenoxy) is 2. The molecule has 6 nitrogen and oxygen atoms in total. The lowest BCUT2D eigenvalue weighted by Gasteiger charge is -2.30. The summed E-state index contributed by atoms with van der Waals surface area (Å²) in [5, 5.41) is 6.97. The minimum absolute atomic E-state index is 0. The molecule has 1 saturated carbocycles. The fourth-order valence-corrected chi connectivity index (χ4v) is 4.12. The van der Waals surface area contributed by atoms with Gasteiger partial charge in [-0.05, 0) is 48.8 Å². The number of benzene rings is 1. The molecule has 2 N–H and O–H groups in total. The number of halogens is 1. The molecule has 7 heteroatoms. The van der Waals surface area contributed by atoms with Gasteiger partial charge in [0.25, 0.3) is 0 Å². The summed E-state index contributed by atoms with van der Waals surface area (Å²) in [4.78, 5) is 8.73. The molecule has 1 aliphatic rings. The smallest absolute Gasteiger partial charge is 0.213 e. The Bertz CT molecular complexity index is 811. The number of nitrogens with zero attached hydrogens (tertiary/aromatic N) is 2. The van der Waals surface area contributed by atoms with Crippen LogP contribution in [-0.4, -0.2) is 37.7 Å². The van der Waals surface area contributed by atoms with Crippen LogP contribution in [0.5, 0.6) is 5.88 Å². The van der Waals surface area contributed by atoms with Gasteiger partial charge in [0.2, 0.25) is 5.88 Å². The van der Waals surface area contributed by atoms with Crippen LogP contribution >= 0.6 is 24.0 Å². The number of guanidine groups is 1. The molecular weight excluding hydrogens is 515 g/mol. The van der Waals surface area contributed by atoms with Crippen LogP contribution < -0.4 is 15.4 Å². The van der Waals surface area contributed by atoms with Crippen molar-refractivity contribution in [1.82, 2.24) is 15.6 Å². The van der Waals surface area contributed by atoms with Crippen LogP contribution in [0.15, 0.2) is 53.7 Å². The van der Waals surface area contributed by atoms with E-state index in [0.29, 0.717) is 24.4 Å². The SMILES string of the molecule is CCOCCC1(CNC(=NC)NCc2ccnc(OCc3ccccc3)c2)CCCC1.I. The van der Waals surface area contributed by atoms with Crippen molar-refractivity contribution < 1.29 is 9.47 Å².